The lowest BCUT2D eigenvalue weighted by molar-refractivity contribution is 0.611. The van der Waals surface area contributed by atoms with Gasteiger partial charge >= 0.3 is 0 Å². The van der Waals surface area contributed by atoms with Gasteiger partial charge in [0.05, 0.1) is 11.2 Å². The molecule has 2 heterocycles. The van der Waals surface area contributed by atoms with Crippen molar-refractivity contribution in [2.24, 2.45) is 0 Å². The topological polar surface area (TPSA) is 38.9 Å². The van der Waals surface area contributed by atoms with Crippen LogP contribution in [0.25, 0.3) is 72.8 Å². The lowest BCUT2D eigenvalue weighted by Crippen LogP contribution is -2.15. The molecule has 8 aromatic rings. The fourth-order valence-corrected chi connectivity index (χ4v) is 7.96. The second kappa shape index (κ2) is 11.3. The van der Waals surface area contributed by atoms with Gasteiger partial charge < -0.3 is 4.42 Å². The summed E-state index contributed by atoms with van der Waals surface area (Å²) in [5.74, 6) is 1.79. The van der Waals surface area contributed by atoms with E-state index < -0.39 is 0 Å². The van der Waals surface area contributed by atoms with Crippen LogP contribution in [0.15, 0.2) is 150 Å². The molecule has 0 amide bonds. The summed E-state index contributed by atoms with van der Waals surface area (Å²) in [6.07, 6.45) is 7.49. The standard InChI is InChI=1S/C46H32N2O/c1-2-12-32(13-3-1)44-38-18-8-9-20-42(38)47-46(48-44)41-28-40-39-27-33(25-26-43(39)49-45(40)37-17-7-6-16-36(37)41)29-21-23-31(24-22-29)35-19-10-14-30-11-4-5-15-34(30)35/h1-4,6-14,16-27,41H,5,15,28H2. The Morgan fingerprint density at radius 1 is 0.571 bits per heavy atom. The van der Waals surface area contributed by atoms with E-state index in [1.807, 2.05) is 6.07 Å². The third kappa shape index (κ3) is 4.65. The summed E-state index contributed by atoms with van der Waals surface area (Å²) in [6, 6.07) is 49.7. The lowest BCUT2D eigenvalue weighted by atomic mass is 9.80. The van der Waals surface area contributed by atoms with E-state index in [0.717, 1.165) is 69.5 Å². The quantitative estimate of drug-likeness (QED) is 0.195. The van der Waals surface area contributed by atoms with Gasteiger partial charge in [0.25, 0.3) is 0 Å². The van der Waals surface area contributed by atoms with Crippen LogP contribution < -0.4 is 0 Å². The Labute approximate surface area is 285 Å². The highest BCUT2D eigenvalue weighted by atomic mass is 16.3. The fraction of sp³-hybridized carbons (Fsp3) is 0.0870. The maximum absolute atomic E-state index is 6.64. The van der Waals surface area contributed by atoms with Crippen molar-refractivity contribution >= 4 is 27.9 Å². The van der Waals surface area contributed by atoms with Gasteiger partial charge in [-0.3, -0.25) is 0 Å². The number of fused-ring (bicyclic) bond motifs is 7. The Morgan fingerprint density at radius 2 is 1.35 bits per heavy atom. The molecule has 2 aromatic heterocycles. The summed E-state index contributed by atoms with van der Waals surface area (Å²) in [7, 11) is 0. The first kappa shape index (κ1) is 28.0. The van der Waals surface area contributed by atoms with Gasteiger partial charge in [-0.25, -0.2) is 9.97 Å². The van der Waals surface area contributed by atoms with E-state index >= 15 is 0 Å². The highest BCUT2D eigenvalue weighted by Gasteiger charge is 2.32. The molecule has 0 bridgehead atoms. The number of para-hydroxylation sites is 1. The van der Waals surface area contributed by atoms with E-state index in [4.69, 9.17) is 14.4 Å². The molecule has 1 atom stereocenters. The third-order valence-corrected chi connectivity index (χ3v) is 10.4. The van der Waals surface area contributed by atoms with Crippen LogP contribution in [0.2, 0.25) is 0 Å². The molecular weight excluding hydrogens is 597 g/mol. The zero-order valence-electron chi connectivity index (χ0n) is 26.9. The maximum Gasteiger partial charge on any atom is 0.138 e. The van der Waals surface area contributed by atoms with Crippen LogP contribution in [-0.2, 0) is 12.8 Å². The molecule has 6 aromatic carbocycles. The van der Waals surface area contributed by atoms with Crippen LogP contribution >= 0.6 is 0 Å². The van der Waals surface area contributed by atoms with E-state index in [0.29, 0.717) is 0 Å². The SMILES string of the molecule is C1=Cc2cccc(-c3ccc(-c4ccc5oc6c(c5c4)CC(c4nc(-c5ccccc5)c5ccccc5n4)c4ccccc4-6)cc3)c2CC1. The molecule has 2 aliphatic carbocycles. The number of benzene rings is 6. The first-order valence-electron chi connectivity index (χ1n) is 17.1. The van der Waals surface area contributed by atoms with Gasteiger partial charge in [0.1, 0.15) is 17.2 Å². The number of hydrogen-bond donors (Lipinski definition) is 0. The van der Waals surface area contributed by atoms with E-state index in [2.05, 4.69) is 146 Å². The van der Waals surface area contributed by atoms with Crippen LogP contribution in [-0.4, -0.2) is 9.97 Å². The maximum atomic E-state index is 6.64. The highest BCUT2D eigenvalue weighted by molar-refractivity contribution is 5.94. The number of aromatic nitrogens is 2. The van der Waals surface area contributed by atoms with Crippen molar-refractivity contribution in [2.75, 3.05) is 0 Å². The van der Waals surface area contributed by atoms with Gasteiger partial charge in [-0.15, -0.1) is 0 Å². The van der Waals surface area contributed by atoms with Crippen LogP contribution in [0.3, 0.4) is 0 Å². The minimum atomic E-state index is -0.00819. The van der Waals surface area contributed by atoms with Gasteiger partial charge in [0.15, 0.2) is 0 Å². The smallest absolute Gasteiger partial charge is 0.138 e. The van der Waals surface area contributed by atoms with Crippen molar-refractivity contribution in [3.05, 3.63) is 174 Å². The number of nitrogens with zero attached hydrogens (tertiary/aromatic N) is 2. The van der Waals surface area contributed by atoms with Crippen molar-refractivity contribution in [3.8, 4) is 44.8 Å². The summed E-state index contributed by atoms with van der Waals surface area (Å²) < 4.78 is 6.64. The first-order valence-corrected chi connectivity index (χ1v) is 17.1. The van der Waals surface area contributed by atoms with Crippen LogP contribution in [0.5, 0.6) is 0 Å². The van der Waals surface area contributed by atoms with Crippen molar-refractivity contribution in [3.63, 3.8) is 0 Å². The third-order valence-electron chi connectivity index (χ3n) is 10.4. The van der Waals surface area contributed by atoms with Crippen molar-refractivity contribution in [1.82, 2.24) is 9.97 Å². The first-order chi connectivity index (χ1) is 24.3. The Morgan fingerprint density at radius 3 is 2.27 bits per heavy atom. The summed E-state index contributed by atoms with van der Waals surface area (Å²) in [6.45, 7) is 0. The Kier molecular flexibility index (Phi) is 6.45. The zero-order chi connectivity index (χ0) is 32.3. The predicted octanol–water partition coefficient (Wildman–Crippen LogP) is 11.7. The molecule has 0 saturated carbocycles. The summed E-state index contributed by atoms with van der Waals surface area (Å²) in [4.78, 5) is 10.5. The molecule has 0 aliphatic heterocycles. The molecular formula is C46H32N2O. The molecule has 1 unspecified atom stereocenters. The largest absolute Gasteiger partial charge is 0.456 e. The average molecular weight is 629 g/mol. The molecule has 0 spiro atoms. The average Bonchev–Trinajstić information content (AvgIpc) is 3.55. The highest BCUT2D eigenvalue weighted by Crippen LogP contribution is 2.47. The Bertz CT molecular complexity index is 2580. The normalized spacial score (nSPS) is 14.8. The van der Waals surface area contributed by atoms with Crippen LogP contribution in [0.1, 0.15) is 40.4 Å². The number of hydrogen-bond acceptors (Lipinski definition) is 3. The van der Waals surface area contributed by atoms with Crippen molar-refractivity contribution in [1.29, 1.82) is 0 Å². The monoisotopic (exact) mass is 628 g/mol. The molecule has 0 N–H and O–H groups in total. The molecule has 49 heavy (non-hydrogen) atoms. The second-order valence-corrected chi connectivity index (χ2v) is 13.2. The molecule has 10 rings (SSSR count). The molecule has 3 heteroatoms. The Balaban J connectivity index is 1.07. The van der Waals surface area contributed by atoms with E-state index in [1.165, 1.54) is 44.5 Å². The minimum Gasteiger partial charge on any atom is -0.456 e. The van der Waals surface area contributed by atoms with Gasteiger partial charge in [0, 0.05) is 33.4 Å². The van der Waals surface area contributed by atoms with Gasteiger partial charge in [-0.05, 0) is 76.4 Å². The zero-order valence-corrected chi connectivity index (χ0v) is 26.9. The van der Waals surface area contributed by atoms with Gasteiger partial charge in [0.2, 0.25) is 0 Å². The van der Waals surface area contributed by atoms with E-state index in [9.17, 15) is 0 Å². The van der Waals surface area contributed by atoms with Crippen molar-refractivity contribution in [2.45, 2.75) is 25.2 Å². The molecule has 3 nitrogen and oxygen atoms in total. The Hall–Kier alpha value is -6.06. The number of allylic oxidation sites excluding steroid dienone is 1. The summed E-state index contributed by atoms with van der Waals surface area (Å²) in [5.41, 5.74) is 15.3. The molecule has 232 valence electrons. The minimum absolute atomic E-state index is 0.00819. The second-order valence-electron chi connectivity index (χ2n) is 13.2. The van der Waals surface area contributed by atoms with Crippen LogP contribution in [0.4, 0.5) is 0 Å². The molecule has 0 saturated heterocycles. The summed E-state index contributed by atoms with van der Waals surface area (Å²) >= 11 is 0. The van der Waals surface area contributed by atoms with Gasteiger partial charge in [-0.2, -0.15) is 0 Å². The molecule has 0 radical (unpaired) electrons. The number of rotatable bonds is 4. The lowest BCUT2D eigenvalue weighted by Gasteiger charge is -2.25. The van der Waals surface area contributed by atoms with Crippen molar-refractivity contribution < 1.29 is 4.42 Å². The van der Waals surface area contributed by atoms with Gasteiger partial charge in [-0.1, -0.05) is 133 Å². The van der Waals surface area contributed by atoms with E-state index in [-0.39, 0.29) is 5.92 Å². The molecule has 2 aliphatic rings. The number of furan rings is 1. The fourth-order valence-electron chi connectivity index (χ4n) is 7.96. The van der Waals surface area contributed by atoms with E-state index in [1.54, 1.807) is 0 Å². The molecule has 0 fully saturated rings. The summed E-state index contributed by atoms with van der Waals surface area (Å²) in [5, 5.41) is 2.22. The van der Waals surface area contributed by atoms with Crippen LogP contribution in [0, 0.1) is 0 Å². The predicted molar refractivity (Wildman–Crippen MR) is 200 cm³/mol.